The van der Waals surface area contributed by atoms with Crippen LogP contribution < -0.4 is 9.47 Å². The lowest BCUT2D eigenvalue weighted by Gasteiger charge is -2.14. The van der Waals surface area contributed by atoms with Crippen molar-refractivity contribution < 1.29 is 19.0 Å². The first kappa shape index (κ1) is 21.5. The minimum atomic E-state index is -0.591. The summed E-state index contributed by atoms with van der Waals surface area (Å²) in [4.78, 5) is 16.5. The van der Waals surface area contributed by atoms with Crippen LogP contribution in [0.1, 0.15) is 31.4 Å². The van der Waals surface area contributed by atoms with Crippen LogP contribution in [0, 0.1) is 0 Å². The molecule has 0 atom stereocenters. The van der Waals surface area contributed by atoms with Gasteiger partial charge in [0.2, 0.25) is 5.90 Å². The number of halogens is 3. The van der Waals surface area contributed by atoms with Crippen molar-refractivity contribution in [3.63, 3.8) is 0 Å². The molecule has 5 nitrogen and oxygen atoms in total. The van der Waals surface area contributed by atoms with Gasteiger partial charge >= 0.3 is 5.97 Å². The molecule has 3 rings (SSSR count). The molecule has 1 aliphatic rings. The van der Waals surface area contributed by atoms with Crippen molar-refractivity contribution in [3.8, 4) is 11.5 Å². The van der Waals surface area contributed by atoms with Crippen molar-refractivity contribution in [1.29, 1.82) is 0 Å². The number of carbonyl (C=O) groups is 1. The predicted octanol–water partition coefficient (Wildman–Crippen LogP) is 6.18. The molecule has 1 heterocycles. The quantitative estimate of drug-likeness (QED) is 0.370. The maximum Gasteiger partial charge on any atom is 0.363 e. The molecule has 2 aromatic rings. The Morgan fingerprint density at radius 2 is 1.86 bits per heavy atom. The van der Waals surface area contributed by atoms with Gasteiger partial charge < -0.3 is 14.2 Å². The fourth-order valence-electron chi connectivity index (χ4n) is 2.62. The van der Waals surface area contributed by atoms with Crippen molar-refractivity contribution in [2.45, 2.75) is 20.3 Å². The highest BCUT2D eigenvalue weighted by atomic mass is 35.5. The summed E-state index contributed by atoms with van der Waals surface area (Å²) in [7, 11) is 0. The van der Waals surface area contributed by atoms with Gasteiger partial charge in [-0.2, -0.15) is 0 Å². The van der Waals surface area contributed by atoms with Gasteiger partial charge in [-0.15, -0.1) is 0 Å². The van der Waals surface area contributed by atoms with E-state index in [2.05, 4.69) is 4.99 Å². The van der Waals surface area contributed by atoms with Gasteiger partial charge in [-0.1, -0.05) is 41.7 Å². The summed E-state index contributed by atoms with van der Waals surface area (Å²) >= 11 is 18.5. The predicted molar refractivity (Wildman–Crippen MR) is 115 cm³/mol. The maximum absolute atomic E-state index is 12.3. The van der Waals surface area contributed by atoms with Gasteiger partial charge in [0.15, 0.2) is 17.2 Å². The number of carbonyl (C=O) groups excluding carboxylic acids is 1. The van der Waals surface area contributed by atoms with E-state index in [1.54, 1.807) is 36.4 Å². The highest BCUT2D eigenvalue weighted by molar-refractivity contribution is 6.37. The lowest BCUT2D eigenvalue weighted by molar-refractivity contribution is -0.129. The number of rotatable bonds is 7. The number of aliphatic imine (C=N–C) groups is 1. The van der Waals surface area contributed by atoms with Gasteiger partial charge in [0.25, 0.3) is 0 Å². The second-order valence-corrected chi connectivity index (χ2v) is 7.32. The first-order chi connectivity index (χ1) is 13.9. The Kier molecular flexibility index (Phi) is 7.06. The number of hydrogen-bond donors (Lipinski definition) is 0. The fraction of sp³-hybridized carbons (Fsp3) is 0.238. The minimum absolute atomic E-state index is 0.113. The monoisotopic (exact) mass is 453 g/mol. The van der Waals surface area contributed by atoms with E-state index in [0.717, 1.165) is 6.42 Å². The molecule has 0 saturated heterocycles. The smallest absolute Gasteiger partial charge is 0.363 e. The lowest BCUT2D eigenvalue weighted by atomic mass is 10.1. The van der Waals surface area contributed by atoms with Crippen molar-refractivity contribution in [2.24, 2.45) is 4.99 Å². The normalized spacial score (nSPS) is 14.7. The zero-order valence-corrected chi connectivity index (χ0v) is 18.1. The molecule has 2 aromatic carbocycles. The Morgan fingerprint density at radius 3 is 2.55 bits per heavy atom. The molecule has 0 amide bonds. The Bertz CT molecular complexity index is 1000. The summed E-state index contributed by atoms with van der Waals surface area (Å²) in [5, 5.41) is 1.19. The zero-order chi connectivity index (χ0) is 21.0. The Hall–Kier alpha value is -2.21. The van der Waals surface area contributed by atoms with E-state index >= 15 is 0 Å². The third-order valence-electron chi connectivity index (χ3n) is 3.87. The molecule has 1 aliphatic heterocycles. The number of benzene rings is 2. The first-order valence-electron chi connectivity index (χ1n) is 9.00. The molecule has 0 saturated carbocycles. The molecule has 0 N–H and O–H groups in total. The molecular weight excluding hydrogens is 437 g/mol. The first-order valence-corrected chi connectivity index (χ1v) is 10.1. The van der Waals surface area contributed by atoms with E-state index in [0.29, 0.717) is 50.9 Å². The topological polar surface area (TPSA) is 57.1 Å². The van der Waals surface area contributed by atoms with E-state index < -0.39 is 5.97 Å². The van der Waals surface area contributed by atoms with E-state index in [-0.39, 0.29) is 11.6 Å². The van der Waals surface area contributed by atoms with Crippen LogP contribution in [-0.2, 0) is 9.53 Å². The minimum Gasteiger partial charge on any atom is -0.490 e. The van der Waals surface area contributed by atoms with Crippen LogP contribution in [-0.4, -0.2) is 25.1 Å². The van der Waals surface area contributed by atoms with Gasteiger partial charge in [0, 0.05) is 5.02 Å². The van der Waals surface area contributed by atoms with Crippen LogP contribution in [0.4, 0.5) is 0 Å². The molecule has 0 unspecified atom stereocenters. The molecule has 0 spiro atoms. The van der Waals surface area contributed by atoms with Crippen molar-refractivity contribution in [3.05, 3.63) is 62.2 Å². The Morgan fingerprint density at radius 1 is 1.07 bits per heavy atom. The number of esters is 1. The standard InChI is InChI=1S/C21H18Cl3NO4/c1-3-7-28-19-16(24)8-12(10-18(19)27-4-2)9-17-21(26)29-20(25-17)14-6-5-13(22)11-15(14)23/h5-6,8-11H,3-4,7H2,1-2H3/b17-9-. The van der Waals surface area contributed by atoms with Crippen molar-refractivity contribution in [1.82, 2.24) is 0 Å². The van der Waals surface area contributed by atoms with Crippen LogP contribution >= 0.6 is 34.8 Å². The van der Waals surface area contributed by atoms with Gasteiger partial charge in [0.05, 0.1) is 28.8 Å². The lowest BCUT2D eigenvalue weighted by Crippen LogP contribution is -2.06. The molecule has 8 heteroatoms. The molecule has 0 aromatic heterocycles. The van der Waals surface area contributed by atoms with Crippen molar-refractivity contribution >= 4 is 52.7 Å². The number of nitrogens with zero attached hydrogens (tertiary/aromatic N) is 1. The summed E-state index contributed by atoms with van der Waals surface area (Å²) in [5.74, 6) is 0.494. The molecule has 0 radical (unpaired) electrons. The highest BCUT2D eigenvalue weighted by Crippen LogP contribution is 2.38. The molecule has 0 aliphatic carbocycles. The van der Waals surface area contributed by atoms with E-state index in [1.807, 2.05) is 13.8 Å². The van der Waals surface area contributed by atoms with Gasteiger partial charge in [-0.3, -0.25) is 0 Å². The second kappa shape index (κ2) is 9.53. The molecule has 0 fully saturated rings. The third-order valence-corrected chi connectivity index (χ3v) is 4.70. The average Bonchev–Trinajstić information content (AvgIpc) is 3.01. The highest BCUT2D eigenvalue weighted by Gasteiger charge is 2.26. The van der Waals surface area contributed by atoms with Crippen LogP contribution in [0.25, 0.3) is 6.08 Å². The molecule has 29 heavy (non-hydrogen) atoms. The zero-order valence-electron chi connectivity index (χ0n) is 15.8. The Balaban J connectivity index is 1.96. The maximum atomic E-state index is 12.3. The van der Waals surface area contributed by atoms with Gasteiger partial charge in [-0.05, 0) is 55.3 Å². The van der Waals surface area contributed by atoms with Crippen LogP contribution in [0.2, 0.25) is 15.1 Å². The van der Waals surface area contributed by atoms with E-state index in [4.69, 9.17) is 49.0 Å². The number of cyclic esters (lactones) is 1. The van der Waals surface area contributed by atoms with E-state index in [1.165, 1.54) is 0 Å². The van der Waals surface area contributed by atoms with Gasteiger partial charge in [-0.25, -0.2) is 9.79 Å². The fourth-order valence-corrected chi connectivity index (χ4v) is 3.39. The number of ether oxygens (including phenoxy) is 3. The second-order valence-electron chi connectivity index (χ2n) is 6.07. The summed E-state index contributed by atoms with van der Waals surface area (Å²) in [5.41, 5.74) is 1.22. The van der Waals surface area contributed by atoms with Gasteiger partial charge in [0.1, 0.15) is 0 Å². The third kappa shape index (κ3) is 5.04. The van der Waals surface area contributed by atoms with Crippen LogP contribution in [0.15, 0.2) is 41.0 Å². The number of hydrogen-bond acceptors (Lipinski definition) is 5. The summed E-state index contributed by atoms with van der Waals surface area (Å²) in [6.45, 7) is 4.82. The molecule has 152 valence electrons. The molecule has 0 bridgehead atoms. The SMILES string of the molecule is CCCOc1c(Cl)cc(/C=C2\N=C(c3ccc(Cl)cc3Cl)OC2=O)cc1OCC. The largest absolute Gasteiger partial charge is 0.490 e. The summed E-state index contributed by atoms with van der Waals surface area (Å²) < 4.78 is 16.6. The summed E-state index contributed by atoms with van der Waals surface area (Å²) in [6.07, 6.45) is 2.40. The van der Waals surface area contributed by atoms with Crippen LogP contribution in [0.3, 0.4) is 0 Å². The molecular formula is C21H18Cl3NO4. The van der Waals surface area contributed by atoms with Crippen molar-refractivity contribution in [2.75, 3.05) is 13.2 Å². The summed E-state index contributed by atoms with van der Waals surface area (Å²) in [6, 6.07) is 8.26. The average molecular weight is 455 g/mol. The Labute approximate surface area is 183 Å². The van der Waals surface area contributed by atoms with Crippen LogP contribution in [0.5, 0.6) is 11.5 Å². The van der Waals surface area contributed by atoms with E-state index in [9.17, 15) is 4.79 Å².